The van der Waals surface area contributed by atoms with Crippen LogP contribution in [0, 0.1) is 0 Å². The molecule has 2 N–H and O–H groups in total. The van der Waals surface area contributed by atoms with E-state index in [0.29, 0.717) is 6.61 Å². The molecule has 0 radical (unpaired) electrons. The van der Waals surface area contributed by atoms with Crippen molar-refractivity contribution >= 4 is 15.9 Å². The Morgan fingerprint density at radius 2 is 2.11 bits per heavy atom. The molecule has 0 fully saturated rings. The van der Waals surface area contributed by atoms with Gasteiger partial charge >= 0.3 is 0 Å². The number of nitrogens with zero attached hydrogens (tertiary/aromatic N) is 1. The highest BCUT2D eigenvalue weighted by Crippen LogP contribution is 2.26. The highest BCUT2D eigenvalue weighted by atomic mass is 79.9. The molecular weight excluding hydrogens is 292 g/mol. The Balaban J connectivity index is 2.56. The van der Waals surface area contributed by atoms with E-state index in [0.717, 1.165) is 29.6 Å². The van der Waals surface area contributed by atoms with Gasteiger partial charge in [0.15, 0.2) is 0 Å². The van der Waals surface area contributed by atoms with Gasteiger partial charge in [0, 0.05) is 12.6 Å². The van der Waals surface area contributed by atoms with E-state index in [2.05, 4.69) is 39.9 Å². The monoisotopic (exact) mass is 314 g/mol. The standard InChI is InChI=1S/C14H23BrN2O/c1-4-12(16)9-11-5-6-14(13(15)10-11)18-8-7-17(2)3/h5-6,10,12H,4,7-9,16H2,1-3H3. The zero-order chi connectivity index (χ0) is 13.5. The average Bonchev–Trinajstić information content (AvgIpc) is 2.31. The predicted octanol–water partition coefficient (Wildman–Crippen LogP) is 2.67. The first-order valence-corrected chi connectivity index (χ1v) is 7.13. The number of benzene rings is 1. The smallest absolute Gasteiger partial charge is 0.133 e. The summed E-state index contributed by atoms with van der Waals surface area (Å²) in [6, 6.07) is 6.43. The number of nitrogens with two attached hydrogens (primary N) is 1. The molecule has 0 spiro atoms. The fourth-order valence-electron chi connectivity index (χ4n) is 1.57. The van der Waals surface area contributed by atoms with Gasteiger partial charge in [-0.05, 0) is 60.6 Å². The van der Waals surface area contributed by atoms with E-state index < -0.39 is 0 Å². The van der Waals surface area contributed by atoms with Crippen molar-refractivity contribution in [2.45, 2.75) is 25.8 Å². The maximum absolute atomic E-state index is 5.95. The van der Waals surface area contributed by atoms with Crippen molar-refractivity contribution < 1.29 is 4.74 Å². The lowest BCUT2D eigenvalue weighted by atomic mass is 10.0. The summed E-state index contributed by atoms with van der Waals surface area (Å²) in [7, 11) is 4.07. The van der Waals surface area contributed by atoms with Crippen LogP contribution in [0.4, 0.5) is 0 Å². The molecule has 0 saturated heterocycles. The van der Waals surface area contributed by atoms with Crippen LogP contribution in [0.5, 0.6) is 5.75 Å². The summed E-state index contributed by atoms with van der Waals surface area (Å²) in [5, 5.41) is 0. The van der Waals surface area contributed by atoms with Gasteiger partial charge in [0.05, 0.1) is 4.47 Å². The number of rotatable bonds is 7. The van der Waals surface area contributed by atoms with Crippen LogP contribution >= 0.6 is 15.9 Å². The summed E-state index contributed by atoms with van der Waals surface area (Å²) in [6.07, 6.45) is 1.91. The molecule has 0 saturated carbocycles. The molecule has 0 heterocycles. The molecule has 0 aliphatic heterocycles. The van der Waals surface area contributed by atoms with Crippen molar-refractivity contribution in [2.75, 3.05) is 27.2 Å². The lowest BCUT2D eigenvalue weighted by Gasteiger charge is -2.14. The van der Waals surface area contributed by atoms with Crippen LogP contribution in [0.25, 0.3) is 0 Å². The molecule has 18 heavy (non-hydrogen) atoms. The van der Waals surface area contributed by atoms with E-state index in [1.165, 1.54) is 5.56 Å². The molecular formula is C14H23BrN2O. The Kier molecular flexibility index (Phi) is 6.68. The number of halogens is 1. The molecule has 1 unspecified atom stereocenters. The Morgan fingerprint density at radius 3 is 2.67 bits per heavy atom. The molecule has 0 aliphatic carbocycles. The fourth-order valence-corrected chi connectivity index (χ4v) is 2.11. The van der Waals surface area contributed by atoms with Gasteiger partial charge in [-0.3, -0.25) is 0 Å². The van der Waals surface area contributed by atoms with Gasteiger partial charge in [-0.1, -0.05) is 13.0 Å². The second-order valence-corrected chi connectivity index (χ2v) is 5.64. The van der Waals surface area contributed by atoms with Crippen molar-refractivity contribution in [3.05, 3.63) is 28.2 Å². The van der Waals surface area contributed by atoms with Crippen molar-refractivity contribution in [1.29, 1.82) is 0 Å². The highest BCUT2D eigenvalue weighted by molar-refractivity contribution is 9.10. The topological polar surface area (TPSA) is 38.5 Å². The SMILES string of the molecule is CCC(N)Cc1ccc(OCCN(C)C)c(Br)c1. The maximum atomic E-state index is 5.95. The Hall–Kier alpha value is -0.580. The number of likely N-dealkylation sites (N-methyl/N-ethyl adjacent to an activating group) is 1. The molecule has 4 heteroatoms. The van der Waals surface area contributed by atoms with Gasteiger partial charge in [0.1, 0.15) is 12.4 Å². The van der Waals surface area contributed by atoms with Crippen LogP contribution in [0.15, 0.2) is 22.7 Å². The molecule has 102 valence electrons. The second kappa shape index (κ2) is 7.77. The lowest BCUT2D eigenvalue weighted by molar-refractivity contribution is 0.260. The van der Waals surface area contributed by atoms with Crippen molar-refractivity contribution in [3.8, 4) is 5.75 Å². The van der Waals surface area contributed by atoms with Gasteiger partial charge in [-0.2, -0.15) is 0 Å². The van der Waals surface area contributed by atoms with Crippen LogP contribution in [0.2, 0.25) is 0 Å². The van der Waals surface area contributed by atoms with E-state index >= 15 is 0 Å². The largest absolute Gasteiger partial charge is 0.491 e. The zero-order valence-electron chi connectivity index (χ0n) is 11.4. The van der Waals surface area contributed by atoms with E-state index in [9.17, 15) is 0 Å². The average molecular weight is 315 g/mol. The third-order valence-electron chi connectivity index (χ3n) is 2.81. The summed E-state index contributed by atoms with van der Waals surface area (Å²) >= 11 is 3.55. The third kappa shape index (κ3) is 5.38. The quantitative estimate of drug-likeness (QED) is 0.841. The fraction of sp³-hybridized carbons (Fsp3) is 0.571. The maximum Gasteiger partial charge on any atom is 0.133 e. The first kappa shape index (κ1) is 15.5. The first-order valence-electron chi connectivity index (χ1n) is 6.34. The van der Waals surface area contributed by atoms with Crippen molar-refractivity contribution in [2.24, 2.45) is 5.73 Å². The minimum atomic E-state index is 0.234. The number of hydrogen-bond acceptors (Lipinski definition) is 3. The van der Waals surface area contributed by atoms with Gasteiger partial charge in [0.25, 0.3) is 0 Å². The van der Waals surface area contributed by atoms with Crippen molar-refractivity contribution in [1.82, 2.24) is 4.90 Å². The highest BCUT2D eigenvalue weighted by Gasteiger charge is 2.06. The normalized spacial score (nSPS) is 12.8. The van der Waals surface area contributed by atoms with Crippen LogP contribution in [-0.2, 0) is 6.42 Å². The molecule has 0 bridgehead atoms. The molecule has 0 aromatic heterocycles. The van der Waals surface area contributed by atoms with Crippen LogP contribution in [0.1, 0.15) is 18.9 Å². The molecule has 1 aromatic carbocycles. The summed E-state index contributed by atoms with van der Waals surface area (Å²) < 4.78 is 6.72. The Bertz CT molecular complexity index is 369. The van der Waals surface area contributed by atoms with Crippen LogP contribution in [0.3, 0.4) is 0 Å². The zero-order valence-corrected chi connectivity index (χ0v) is 13.0. The van der Waals surface area contributed by atoms with Gasteiger partial charge in [0.2, 0.25) is 0 Å². The Morgan fingerprint density at radius 1 is 1.39 bits per heavy atom. The van der Waals surface area contributed by atoms with Gasteiger partial charge < -0.3 is 15.4 Å². The van der Waals surface area contributed by atoms with Crippen LogP contribution < -0.4 is 10.5 Å². The molecule has 3 nitrogen and oxygen atoms in total. The van der Waals surface area contributed by atoms with E-state index in [-0.39, 0.29) is 6.04 Å². The van der Waals surface area contributed by atoms with E-state index in [1.807, 2.05) is 20.2 Å². The molecule has 0 amide bonds. The lowest BCUT2D eigenvalue weighted by Crippen LogP contribution is -2.21. The van der Waals surface area contributed by atoms with E-state index in [1.54, 1.807) is 0 Å². The second-order valence-electron chi connectivity index (χ2n) is 4.79. The summed E-state index contributed by atoms with van der Waals surface area (Å²) in [6.45, 7) is 3.72. The van der Waals surface area contributed by atoms with Gasteiger partial charge in [-0.25, -0.2) is 0 Å². The van der Waals surface area contributed by atoms with Crippen LogP contribution in [-0.4, -0.2) is 38.2 Å². The summed E-state index contributed by atoms with van der Waals surface area (Å²) in [4.78, 5) is 2.10. The first-order chi connectivity index (χ1) is 8.52. The predicted molar refractivity (Wildman–Crippen MR) is 80.2 cm³/mol. The third-order valence-corrected chi connectivity index (χ3v) is 3.43. The Labute approximate surface area is 118 Å². The molecule has 0 aliphatic rings. The molecule has 1 atom stereocenters. The molecule has 1 aromatic rings. The summed E-state index contributed by atoms with van der Waals surface area (Å²) in [5.41, 5.74) is 7.20. The van der Waals surface area contributed by atoms with Gasteiger partial charge in [-0.15, -0.1) is 0 Å². The van der Waals surface area contributed by atoms with Crippen molar-refractivity contribution in [3.63, 3.8) is 0 Å². The molecule has 1 rings (SSSR count). The van der Waals surface area contributed by atoms with E-state index in [4.69, 9.17) is 10.5 Å². The number of ether oxygens (including phenoxy) is 1. The minimum absolute atomic E-state index is 0.234. The minimum Gasteiger partial charge on any atom is -0.491 e. The number of hydrogen-bond donors (Lipinski definition) is 1. The summed E-state index contributed by atoms with van der Waals surface area (Å²) in [5.74, 6) is 0.894.